The largest absolute Gasteiger partial charge is 0.489 e. The summed E-state index contributed by atoms with van der Waals surface area (Å²) in [5.74, 6) is 0.261. The molecule has 25 heavy (non-hydrogen) atoms. The second kappa shape index (κ2) is 7.88. The van der Waals surface area contributed by atoms with Crippen molar-refractivity contribution >= 4 is 17.5 Å². The Bertz CT molecular complexity index is 724. The van der Waals surface area contributed by atoms with Crippen LogP contribution in [0.3, 0.4) is 0 Å². The third-order valence-corrected chi connectivity index (χ3v) is 3.21. The number of carbonyl (C=O) groups is 1. The van der Waals surface area contributed by atoms with Gasteiger partial charge in [0.05, 0.1) is 18.0 Å². The molecule has 0 aromatic heterocycles. The fourth-order valence-electron chi connectivity index (χ4n) is 1.92. The molecule has 0 heterocycles. The predicted octanol–water partition coefficient (Wildman–Crippen LogP) is 4.58. The molecule has 0 aliphatic rings. The van der Waals surface area contributed by atoms with Gasteiger partial charge in [-0.25, -0.2) is 9.18 Å². The van der Waals surface area contributed by atoms with Crippen LogP contribution >= 0.6 is 0 Å². The molecule has 0 unspecified atom stereocenters. The molecule has 2 rings (SSSR count). The van der Waals surface area contributed by atoms with Crippen molar-refractivity contribution in [2.75, 3.05) is 17.7 Å². The summed E-state index contributed by atoms with van der Waals surface area (Å²) >= 11 is 0. The standard InChI is InChI=1S/C19H23FN2O3/c1-19(2,3)12-25-18(23)22-17-9-8-15(10-16(17)21)24-11-13-4-6-14(20)7-5-13/h4-10H,11-12,21H2,1-3H3,(H,22,23). The molecule has 0 aliphatic heterocycles. The lowest BCUT2D eigenvalue weighted by Crippen LogP contribution is -2.22. The number of nitrogen functional groups attached to an aromatic ring is 1. The normalized spacial score (nSPS) is 11.0. The average Bonchev–Trinajstić information content (AvgIpc) is 2.54. The number of nitrogens with one attached hydrogen (secondary N) is 1. The SMILES string of the molecule is CC(C)(C)COC(=O)Nc1ccc(OCc2ccc(F)cc2)cc1N. The van der Waals surface area contributed by atoms with Crippen LogP contribution in [0.1, 0.15) is 26.3 Å². The highest BCUT2D eigenvalue weighted by molar-refractivity contribution is 5.89. The number of anilines is 2. The van der Waals surface area contributed by atoms with Crippen LogP contribution in [0.4, 0.5) is 20.6 Å². The molecule has 0 aliphatic carbocycles. The van der Waals surface area contributed by atoms with E-state index in [4.69, 9.17) is 15.2 Å². The van der Waals surface area contributed by atoms with Crippen LogP contribution < -0.4 is 15.8 Å². The Balaban J connectivity index is 1.91. The van der Waals surface area contributed by atoms with Crippen molar-refractivity contribution in [1.82, 2.24) is 0 Å². The van der Waals surface area contributed by atoms with Crippen LogP contribution in [0.25, 0.3) is 0 Å². The first-order valence-corrected chi connectivity index (χ1v) is 7.93. The molecule has 134 valence electrons. The number of ether oxygens (including phenoxy) is 2. The van der Waals surface area contributed by atoms with Gasteiger partial charge < -0.3 is 15.2 Å². The van der Waals surface area contributed by atoms with E-state index in [0.717, 1.165) is 5.56 Å². The van der Waals surface area contributed by atoms with E-state index in [0.29, 0.717) is 30.3 Å². The maximum Gasteiger partial charge on any atom is 0.411 e. The average molecular weight is 346 g/mol. The van der Waals surface area contributed by atoms with Crippen molar-refractivity contribution in [2.24, 2.45) is 5.41 Å². The van der Waals surface area contributed by atoms with Crippen molar-refractivity contribution in [3.63, 3.8) is 0 Å². The zero-order valence-corrected chi connectivity index (χ0v) is 14.6. The molecule has 0 spiro atoms. The highest BCUT2D eigenvalue weighted by Gasteiger charge is 2.14. The molecule has 5 nitrogen and oxygen atoms in total. The van der Waals surface area contributed by atoms with Crippen molar-refractivity contribution in [2.45, 2.75) is 27.4 Å². The zero-order chi connectivity index (χ0) is 18.4. The second-order valence-corrected chi connectivity index (χ2v) is 6.93. The van der Waals surface area contributed by atoms with Crippen molar-refractivity contribution in [1.29, 1.82) is 0 Å². The lowest BCUT2D eigenvalue weighted by molar-refractivity contribution is 0.118. The molecule has 0 radical (unpaired) electrons. The van der Waals surface area contributed by atoms with Crippen LogP contribution in [0.5, 0.6) is 5.75 Å². The van der Waals surface area contributed by atoms with E-state index >= 15 is 0 Å². The second-order valence-electron chi connectivity index (χ2n) is 6.93. The number of carbonyl (C=O) groups excluding carboxylic acids is 1. The predicted molar refractivity (Wildman–Crippen MR) is 96.0 cm³/mol. The quantitative estimate of drug-likeness (QED) is 0.777. The summed E-state index contributed by atoms with van der Waals surface area (Å²) in [5, 5.41) is 2.61. The van der Waals surface area contributed by atoms with Gasteiger partial charge in [0.15, 0.2) is 0 Å². The van der Waals surface area contributed by atoms with Gasteiger partial charge in [-0.15, -0.1) is 0 Å². The summed E-state index contributed by atoms with van der Waals surface area (Å²) in [6.07, 6.45) is -0.554. The molecule has 0 atom stereocenters. The first-order valence-electron chi connectivity index (χ1n) is 7.93. The molecule has 0 saturated heterocycles. The Kier molecular flexibility index (Phi) is 5.85. The number of halogens is 1. The molecular formula is C19H23FN2O3. The summed E-state index contributed by atoms with van der Waals surface area (Å²) in [4.78, 5) is 11.8. The van der Waals surface area contributed by atoms with Crippen LogP contribution in [0.2, 0.25) is 0 Å². The van der Waals surface area contributed by atoms with Crippen LogP contribution in [-0.4, -0.2) is 12.7 Å². The molecule has 0 bridgehead atoms. The highest BCUT2D eigenvalue weighted by Crippen LogP contribution is 2.25. The van der Waals surface area contributed by atoms with Crippen LogP contribution in [0, 0.1) is 11.2 Å². The number of benzene rings is 2. The molecular weight excluding hydrogens is 323 g/mol. The fraction of sp³-hybridized carbons (Fsp3) is 0.316. The Hall–Kier alpha value is -2.76. The number of hydrogen-bond acceptors (Lipinski definition) is 4. The van der Waals surface area contributed by atoms with E-state index in [2.05, 4.69) is 5.32 Å². The van der Waals surface area contributed by atoms with Crippen molar-refractivity contribution in [3.05, 3.63) is 53.8 Å². The van der Waals surface area contributed by atoms with Gasteiger partial charge in [0.25, 0.3) is 0 Å². The maximum absolute atomic E-state index is 12.9. The zero-order valence-electron chi connectivity index (χ0n) is 14.6. The highest BCUT2D eigenvalue weighted by atomic mass is 19.1. The lowest BCUT2D eigenvalue weighted by atomic mass is 9.99. The van der Waals surface area contributed by atoms with E-state index < -0.39 is 6.09 Å². The van der Waals surface area contributed by atoms with E-state index in [9.17, 15) is 9.18 Å². The third kappa shape index (κ3) is 6.33. The molecule has 0 fully saturated rings. The van der Waals surface area contributed by atoms with Gasteiger partial charge in [-0.2, -0.15) is 0 Å². The fourth-order valence-corrected chi connectivity index (χ4v) is 1.92. The van der Waals surface area contributed by atoms with Gasteiger partial charge in [0.2, 0.25) is 0 Å². The summed E-state index contributed by atoms with van der Waals surface area (Å²) in [7, 11) is 0. The Morgan fingerprint density at radius 3 is 2.44 bits per heavy atom. The molecule has 6 heteroatoms. The molecule has 2 aromatic carbocycles. The van der Waals surface area contributed by atoms with Crippen LogP contribution in [-0.2, 0) is 11.3 Å². The maximum atomic E-state index is 12.9. The summed E-state index contributed by atoms with van der Waals surface area (Å²) in [6.45, 7) is 6.52. The third-order valence-electron chi connectivity index (χ3n) is 3.21. The first kappa shape index (κ1) is 18.6. The minimum Gasteiger partial charge on any atom is -0.489 e. The van der Waals surface area contributed by atoms with Gasteiger partial charge in [0.1, 0.15) is 18.2 Å². The minimum atomic E-state index is -0.554. The number of nitrogens with two attached hydrogens (primary N) is 1. The van der Waals surface area contributed by atoms with Gasteiger partial charge >= 0.3 is 6.09 Å². The van der Waals surface area contributed by atoms with Gasteiger partial charge in [-0.1, -0.05) is 32.9 Å². The summed E-state index contributed by atoms with van der Waals surface area (Å²) in [5.41, 5.74) is 7.49. The Morgan fingerprint density at radius 1 is 1.16 bits per heavy atom. The minimum absolute atomic E-state index is 0.110. The molecule has 0 saturated carbocycles. The Labute approximate surface area is 146 Å². The van der Waals surface area contributed by atoms with Gasteiger partial charge in [-0.05, 0) is 35.2 Å². The summed E-state index contributed by atoms with van der Waals surface area (Å²) < 4.78 is 23.6. The first-order chi connectivity index (χ1) is 11.7. The van der Waals surface area contributed by atoms with E-state index in [1.165, 1.54) is 12.1 Å². The van der Waals surface area contributed by atoms with Crippen molar-refractivity contribution in [3.8, 4) is 5.75 Å². The van der Waals surface area contributed by atoms with Crippen molar-refractivity contribution < 1.29 is 18.7 Å². The molecule has 2 aromatic rings. The Morgan fingerprint density at radius 2 is 1.84 bits per heavy atom. The molecule has 1 amide bonds. The van der Waals surface area contributed by atoms with E-state index in [1.54, 1.807) is 30.3 Å². The molecule has 3 N–H and O–H groups in total. The number of amides is 1. The van der Waals surface area contributed by atoms with Gasteiger partial charge in [-0.3, -0.25) is 5.32 Å². The lowest BCUT2D eigenvalue weighted by Gasteiger charge is -2.18. The smallest absolute Gasteiger partial charge is 0.411 e. The monoisotopic (exact) mass is 346 g/mol. The van der Waals surface area contributed by atoms with Gasteiger partial charge in [0, 0.05) is 6.07 Å². The summed E-state index contributed by atoms with van der Waals surface area (Å²) in [6, 6.07) is 11.0. The van der Waals surface area contributed by atoms with Crippen LogP contribution in [0.15, 0.2) is 42.5 Å². The van der Waals surface area contributed by atoms with E-state index in [1.807, 2.05) is 20.8 Å². The topological polar surface area (TPSA) is 73.6 Å². The number of hydrogen-bond donors (Lipinski definition) is 2. The van der Waals surface area contributed by atoms with E-state index in [-0.39, 0.29) is 11.2 Å². The number of rotatable bonds is 5.